The van der Waals surface area contributed by atoms with Gasteiger partial charge in [-0.3, -0.25) is 4.98 Å². The highest BCUT2D eigenvalue weighted by molar-refractivity contribution is 8.32. The van der Waals surface area contributed by atoms with Crippen molar-refractivity contribution in [1.29, 1.82) is 0 Å². The van der Waals surface area contributed by atoms with E-state index in [-0.39, 0.29) is 0 Å². The lowest BCUT2D eigenvalue weighted by atomic mass is 9.87. The van der Waals surface area contributed by atoms with Gasteiger partial charge >= 0.3 is 0 Å². The lowest BCUT2D eigenvalue weighted by molar-refractivity contribution is 0.126. The van der Waals surface area contributed by atoms with Crippen molar-refractivity contribution in [3.05, 3.63) is 41.5 Å². The zero-order valence-corrected chi connectivity index (χ0v) is 20.6. The van der Waals surface area contributed by atoms with E-state index in [9.17, 15) is 0 Å². The summed E-state index contributed by atoms with van der Waals surface area (Å²) in [7, 11) is -0.468. The van der Waals surface area contributed by atoms with Gasteiger partial charge in [0.25, 0.3) is 0 Å². The Balaban J connectivity index is 0.000000806. The molecule has 2 aromatic heterocycles. The first-order valence-electron chi connectivity index (χ1n) is 11.8. The summed E-state index contributed by atoms with van der Waals surface area (Å²) in [4.78, 5) is 4.80. The molecule has 0 aliphatic heterocycles. The molecule has 4 rings (SSSR count). The fourth-order valence-corrected chi connectivity index (χ4v) is 5.05. The van der Waals surface area contributed by atoms with E-state index in [0.29, 0.717) is 11.8 Å². The maximum atomic E-state index is 5.99. The number of aromatic nitrogens is 2. The van der Waals surface area contributed by atoms with Crippen LogP contribution in [0.15, 0.2) is 24.4 Å². The third-order valence-corrected chi connectivity index (χ3v) is 7.40. The first-order valence-corrected chi connectivity index (χ1v) is 14.9. The van der Waals surface area contributed by atoms with Crippen LogP contribution in [0.2, 0.25) is 0 Å². The van der Waals surface area contributed by atoms with Gasteiger partial charge in [-0.2, -0.15) is 0 Å². The predicted octanol–water partition coefficient (Wildman–Crippen LogP) is 6.69. The Labute approximate surface area is 185 Å². The molecule has 1 atom stereocenters. The molecule has 2 heterocycles. The Kier molecular flexibility index (Phi) is 8.47. The zero-order valence-electron chi connectivity index (χ0n) is 19.8. The molecule has 1 saturated carbocycles. The molecule has 0 spiro atoms. The Morgan fingerprint density at radius 1 is 1.10 bits per heavy atom. The van der Waals surface area contributed by atoms with E-state index in [1.165, 1.54) is 66.9 Å². The largest absolute Gasteiger partial charge is 0.380 e. The maximum absolute atomic E-state index is 5.99. The van der Waals surface area contributed by atoms with Crippen molar-refractivity contribution in [1.82, 2.24) is 9.38 Å². The highest BCUT2D eigenvalue weighted by atomic mass is 32.3. The minimum absolute atomic E-state index is 0.450. The van der Waals surface area contributed by atoms with Crippen molar-refractivity contribution in [2.24, 2.45) is 5.92 Å². The summed E-state index contributed by atoms with van der Waals surface area (Å²) in [5.41, 5.74) is 5.26. The number of fused-ring (bicyclic) bond motifs is 3. The van der Waals surface area contributed by atoms with Gasteiger partial charge in [0, 0.05) is 23.8 Å². The molecule has 1 fully saturated rings. The topological polar surface area (TPSA) is 26.5 Å². The summed E-state index contributed by atoms with van der Waals surface area (Å²) in [5, 5.41) is 0. The van der Waals surface area contributed by atoms with E-state index >= 15 is 0 Å². The van der Waals surface area contributed by atoms with Crippen LogP contribution in [0.5, 0.6) is 0 Å². The van der Waals surface area contributed by atoms with Gasteiger partial charge in [0.2, 0.25) is 0 Å². The van der Waals surface area contributed by atoms with Crippen LogP contribution >= 0.6 is 10.0 Å². The molecule has 4 heteroatoms. The molecule has 0 bridgehead atoms. The van der Waals surface area contributed by atoms with Crippen molar-refractivity contribution < 1.29 is 4.74 Å². The van der Waals surface area contributed by atoms with Gasteiger partial charge in [-0.15, -0.1) is 0 Å². The van der Waals surface area contributed by atoms with Crippen LogP contribution in [0.1, 0.15) is 75.4 Å². The van der Waals surface area contributed by atoms with Gasteiger partial charge < -0.3 is 9.14 Å². The predicted molar refractivity (Wildman–Crippen MR) is 134 cm³/mol. The Morgan fingerprint density at radius 2 is 1.83 bits per heavy atom. The third-order valence-electron chi connectivity index (χ3n) is 6.01. The van der Waals surface area contributed by atoms with Crippen LogP contribution in [0.3, 0.4) is 0 Å². The second kappa shape index (κ2) is 10.9. The average molecular weight is 431 g/mol. The first kappa shape index (κ1) is 23.4. The van der Waals surface area contributed by atoms with E-state index < -0.39 is 10.0 Å². The molecule has 0 saturated heterocycles. The number of ether oxygens (including phenoxy) is 1. The molecule has 0 radical (unpaired) electrons. The molecule has 2 aliphatic carbocycles. The van der Waals surface area contributed by atoms with Crippen LogP contribution in [-0.4, -0.2) is 47.1 Å². The Hall–Kier alpha value is -1.26. The Bertz CT molecular complexity index is 827. The normalized spacial score (nSPS) is 20.0. The lowest BCUT2D eigenvalue weighted by Crippen LogP contribution is -2.19. The van der Waals surface area contributed by atoms with E-state index in [1.54, 1.807) is 0 Å². The molecule has 168 valence electrons. The third kappa shape index (κ3) is 6.13. The van der Waals surface area contributed by atoms with Gasteiger partial charge in [0.15, 0.2) is 0 Å². The van der Waals surface area contributed by atoms with Crippen LogP contribution in [0.4, 0.5) is 0 Å². The molecule has 1 unspecified atom stereocenters. The standard InChI is InChI=1S/C23H34N2OS.C3H8/c1-27(2,3)14-13-26-17-18-9-11-23-21(15-18)24-16-20-10-12-22(25(20)23)19-7-5-4-6-8-19;1-3-2/h9-12,16,18-19H,4-8,13-15,17H2,1-3H3;3H2,1-2H3. The molecule has 0 N–H and O–H groups in total. The van der Waals surface area contributed by atoms with Crippen LogP contribution in [-0.2, 0) is 11.2 Å². The summed E-state index contributed by atoms with van der Waals surface area (Å²) in [6, 6.07) is 4.58. The Morgan fingerprint density at radius 3 is 2.53 bits per heavy atom. The van der Waals surface area contributed by atoms with Gasteiger partial charge in [0.05, 0.1) is 36.3 Å². The summed E-state index contributed by atoms with van der Waals surface area (Å²) in [6.07, 6.45) is 22.8. The van der Waals surface area contributed by atoms with E-state index in [1.807, 2.05) is 0 Å². The second-order valence-corrected chi connectivity index (χ2v) is 14.4. The first-order chi connectivity index (χ1) is 14.4. The van der Waals surface area contributed by atoms with Crippen LogP contribution in [0.25, 0.3) is 11.6 Å². The summed E-state index contributed by atoms with van der Waals surface area (Å²) < 4.78 is 8.47. The molecule has 3 nitrogen and oxygen atoms in total. The van der Waals surface area contributed by atoms with Crippen molar-refractivity contribution in [3.63, 3.8) is 0 Å². The SMILES string of the molecule is CCC.CS(C)(C)CCOCC1C=Cc2c(ncc3ccc(C4CCCCC4)n23)C1. The molecule has 2 aromatic rings. The summed E-state index contributed by atoms with van der Waals surface area (Å²) in [5.74, 6) is 2.35. The van der Waals surface area contributed by atoms with E-state index in [2.05, 4.69) is 67.5 Å². The van der Waals surface area contributed by atoms with Gasteiger partial charge in [-0.25, -0.2) is 10.0 Å². The fraction of sp³-hybridized carbons (Fsp3) is 0.654. The van der Waals surface area contributed by atoms with Crippen molar-refractivity contribution >= 4 is 21.6 Å². The average Bonchev–Trinajstić information content (AvgIpc) is 3.16. The van der Waals surface area contributed by atoms with Crippen LogP contribution in [0, 0.1) is 5.92 Å². The zero-order chi connectivity index (χ0) is 21.6. The van der Waals surface area contributed by atoms with Gasteiger partial charge in [0.1, 0.15) is 0 Å². The molecule has 0 amide bonds. The minimum atomic E-state index is -0.468. The number of hydrogen-bond acceptors (Lipinski definition) is 2. The highest BCUT2D eigenvalue weighted by Gasteiger charge is 2.23. The summed E-state index contributed by atoms with van der Waals surface area (Å²) >= 11 is 0. The second-order valence-electron chi connectivity index (χ2n) is 9.84. The molecule has 0 aromatic carbocycles. The molecule has 2 aliphatic rings. The monoisotopic (exact) mass is 430 g/mol. The molecular formula is C26H42N2OS. The van der Waals surface area contributed by atoms with E-state index in [0.717, 1.165) is 19.6 Å². The van der Waals surface area contributed by atoms with E-state index in [4.69, 9.17) is 9.72 Å². The lowest BCUT2D eigenvalue weighted by Gasteiger charge is -2.26. The minimum Gasteiger partial charge on any atom is -0.380 e. The van der Waals surface area contributed by atoms with Crippen molar-refractivity contribution in [3.8, 4) is 0 Å². The molecular weight excluding hydrogens is 388 g/mol. The van der Waals surface area contributed by atoms with Crippen LogP contribution < -0.4 is 0 Å². The smallest absolute Gasteiger partial charge is 0.0671 e. The number of nitrogens with zero attached hydrogens (tertiary/aromatic N) is 2. The summed E-state index contributed by atoms with van der Waals surface area (Å²) in [6.45, 7) is 5.94. The highest BCUT2D eigenvalue weighted by Crippen LogP contribution is 2.36. The molecule has 30 heavy (non-hydrogen) atoms. The van der Waals surface area contributed by atoms with Crippen molar-refractivity contribution in [2.45, 2.75) is 64.7 Å². The van der Waals surface area contributed by atoms with Gasteiger partial charge in [-0.05, 0) is 55.7 Å². The fourth-order valence-electron chi connectivity index (χ4n) is 4.43. The number of rotatable bonds is 6. The number of hydrogen-bond donors (Lipinski definition) is 0. The quantitative estimate of drug-likeness (QED) is 0.477. The van der Waals surface area contributed by atoms with Crippen molar-refractivity contribution in [2.75, 3.05) is 37.7 Å². The maximum Gasteiger partial charge on any atom is 0.0671 e. The van der Waals surface area contributed by atoms with Gasteiger partial charge in [-0.1, -0.05) is 45.6 Å².